The highest BCUT2D eigenvalue weighted by molar-refractivity contribution is 8.00. The summed E-state index contributed by atoms with van der Waals surface area (Å²) >= 11 is 9.02. The zero-order chi connectivity index (χ0) is 16.2. The summed E-state index contributed by atoms with van der Waals surface area (Å²) in [5.41, 5.74) is 7.44. The molecule has 0 bridgehead atoms. The van der Waals surface area contributed by atoms with E-state index in [1.807, 2.05) is 43.3 Å². The first-order valence-corrected chi connectivity index (χ1v) is 9.09. The molecule has 0 radical (unpaired) electrons. The fourth-order valence-electron chi connectivity index (χ4n) is 1.91. The number of thiazole rings is 1. The molecule has 3 aromatic rings. The zero-order valence-electron chi connectivity index (χ0n) is 12.3. The van der Waals surface area contributed by atoms with E-state index in [-0.39, 0.29) is 5.91 Å². The van der Waals surface area contributed by atoms with Crippen molar-refractivity contribution in [3.63, 3.8) is 0 Å². The van der Waals surface area contributed by atoms with Crippen molar-refractivity contribution in [1.29, 1.82) is 0 Å². The number of carbonyl (C=O) groups excluding carboxylic acids is 1. The second-order valence-corrected chi connectivity index (χ2v) is 7.37. The number of benzene rings is 2. The van der Waals surface area contributed by atoms with E-state index in [0.29, 0.717) is 15.9 Å². The lowest BCUT2D eigenvalue weighted by Crippen LogP contribution is -2.30. The van der Waals surface area contributed by atoms with E-state index >= 15 is 0 Å². The normalized spacial score (nSPS) is 10.7. The number of rotatable bonds is 5. The minimum atomic E-state index is -0.110. The predicted molar refractivity (Wildman–Crippen MR) is 98.3 cm³/mol. The standard InChI is InChI=1S/C16H14ClN3OS2/c1-10-5-7-11(8-6-10)22-9-14(21)19-20-16-18-15-12(17)3-2-4-13(15)23-16/h2-8H,9H2,1H3,(H,18,20)(H,19,21). The number of para-hydroxylation sites is 1. The number of hydrogen-bond donors (Lipinski definition) is 2. The van der Waals surface area contributed by atoms with Gasteiger partial charge in [-0.1, -0.05) is 46.7 Å². The Hall–Kier alpha value is -1.76. The van der Waals surface area contributed by atoms with Crippen LogP contribution in [0.4, 0.5) is 5.13 Å². The number of halogens is 1. The number of fused-ring (bicyclic) bond motifs is 1. The van der Waals surface area contributed by atoms with Gasteiger partial charge in [0.05, 0.1) is 15.5 Å². The van der Waals surface area contributed by atoms with E-state index in [9.17, 15) is 4.79 Å². The van der Waals surface area contributed by atoms with E-state index in [4.69, 9.17) is 11.6 Å². The molecule has 1 heterocycles. The Balaban J connectivity index is 1.53. The Morgan fingerprint density at radius 1 is 1.26 bits per heavy atom. The largest absolute Gasteiger partial charge is 0.273 e. The molecule has 0 saturated carbocycles. The topological polar surface area (TPSA) is 54.0 Å². The van der Waals surface area contributed by atoms with Crippen molar-refractivity contribution in [2.24, 2.45) is 0 Å². The van der Waals surface area contributed by atoms with Gasteiger partial charge in [0.25, 0.3) is 0 Å². The van der Waals surface area contributed by atoms with Gasteiger partial charge in [-0.2, -0.15) is 0 Å². The average Bonchev–Trinajstić information content (AvgIpc) is 2.97. The minimum Gasteiger partial charge on any atom is -0.273 e. The van der Waals surface area contributed by atoms with Crippen LogP contribution in [-0.4, -0.2) is 16.6 Å². The number of aromatic nitrogens is 1. The lowest BCUT2D eigenvalue weighted by Gasteiger charge is -2.05. The molecule has 7 heteroatoms. The van der Waals surface area contributed by atoms with Crippen molar-refractivity contribution in [2.45, 2.75) is 11.8 Å². The van der Waals surface area contributed by atoms with Crippen LogP contribution in [0.1, 0.15) is 5.56 Å². The van der Waals surface area contributed by atoms with Crippen LogP contribution < -0.4 is 10.9 Å². The first-order valence-electron chi connectivity index (χ1n) is 6.91. The van der Waals surface area contributed by atoms with Gasteiger partial charge in [0.1, 0.15) is 5.52 Å². The Morgan fingerprint density at radius 3 is 2.78 bits per heavy atom. The van der Waals surface area contributed by atoms with Crippen molar-refractivity contribution >= 4 is 56.0 Å². The van der Waals surface area contributed by atoms with Gasteiger partial charge in [-0.15, -0.1) is 11.8 Å². The summed E-state index contributed by atoms with van der Waals surface area (Å²) in [6, 6.07) is 13.7. The molecule has 2 N–H and O–H groups in total. The average molecular weight is 364 g/mol. The first-order chi connectivity index (χ1) is 11.1. The minimum absolute atomic E-state index is 0.110. The molecule has 3 rings (SSSR count). The van der Waals surface area contributed by atoms with Crippen LogP contribution in [0.15, 0.2) is 47.4 Å². The maximum atomic E-state index is 11.9. The fraction of sp³-hybridized carbons (Fsp3) is 0.125. The highest BCUT2D eigenvalue weighted by Crippen LogP contribution is 2.30. The van der Waals surface area contributed by atoms with Crippen molar-refractivity contribution < 1.29 is 4.79 Å². The van der Waals surface area contributed by atoms with Gasteiger partial charge in [-0.25, -0.2) is 4.98 Å². The van der Waals surface area contributed by atoms with Crippen molar-refractivity contribution in [3.05, 3.63) is 53.1 Å². The smallest absolute Gasteiger partial charge is 0.248 e. The summed E-state index contributed by atoms with van der Waals surface area (Å²) in [6.07, 6.45) is 0. The lowest BCUT2D eigenvalue weighted by atomic mass is 10.2. The van der Waals surface area contributed by atoms with E-state index in [1.54, 1.807) is 6.07 Å². The van der Waals surface area contributed by atoms with E-state index < -0.39 is 0 Å². The van der Waals surface area contributed by atoms with Gasteiger partial charge >= 0.3 is 0 Å². The van der Waals surface area contributed by atoms with Gasteiger partial charge in [-0.3, -0.25) is 15.6 Å². The molecular formula is C16H14ClN3OS2. The quantitative estimate of drug-likeness (QED) is 0.518. The van der Waals surface area contributed by atoms with Gasteiger partial charge in [-0.05, 0) is 31.2 Å². The summed E-state index contributed by atoms with van der Waals surface area (Å²) in [5.74, 6) is 0.225. The number of nitrogens with zero attached hydrogens (tertiary/aromatic N) is 1. The number of hydrazine groups is 1. The van der Waals surface area contributed by atoms with Crippen LogP contribution in [0.2, 0.25) is 5.02 Å². The molecular weight excluding hydrogens is 350 g/mol. The summed E-state index contributed by atoms with van der Waals surface area (Å²) < 4.78 is 0.975. The van der Waals surface area contributed by atoms with Crippen LogP contribution in [-0.2, 0) is 4.79 Å². The van der Waals surface area contributed by atoms with Crippen LogP contribution >= 0.6 is 34.7 Å². The number of amides is 1. The predicted octanol–water partition coefficient (Wildman–Crippen LogP) is 4.49. The van der Waals surface area contributed by atoms with Crippen LogP contribution in [0.25, 0.3) is 10.2 Å². The molecule has 0 spiro atoms. The SMILES string of the molecule is Cc1ccc(SCC(=O)NNc2nc3c(Cl)cccc3s2)cc1. The molecule has 0 aliphatic heterocycles. The zero-order valence-corrected chi connectivity index (χ0v) is 14.7. The van der Waals surface area contributed by atoms with Crippen LogP contribution in [0.5, 0.6) is 0 Å². The lowest BCUT2D eigenvalue weighted by molar-refractivity contribution is -0.118. The maximum absolute atomic E-state index is 11.9. The third-order valence-corrected chi connectivity index (χ3v) is 5.32. The molecule has 0 aliphatic rings. The van der Waals surface area contributed by atoms with Crippen molar-refractivity contribution in [2.75, 3.05) is 11.2 Å². The Kier molecular flexibility index (Phi) is 5.05. The number of carbonyl (C=O) groups is 1. The molecule has 23 heavy (non-hydrogen) atoms. The third-order valence-electron chi connectivity index (χ3n) is 3.07. The highest BCUT2D eigenvalue weighted by Gasteiger charge is 2.08. The summed E-state index contributed by atoms with van der Waals surface area (Å²) in [6.45, 7) is 2.04. The fourth-order valence-corrected chi connectivity index (χ4v) is 3.73. The Labute approximate surface area is 147 Å². The second-order valence-electron chi connectivity index (χ2n) is 4.88. The van der Waals surface area contributed by atoms with E-state index in [2.05, 4.69) is 15.8 Å². The monoisotopic (exact) mass is 363 g/mol. The highest BCUT2D eigenvalue weighted by atomic mass is 35.5. The van der Waals surface area contributed by atoms with E-state index in [0.717, 1.165) is 15.1 Å². The number of nitrogens with one attached hydrogen (secondary N) is 2. The molecule has 0 unspecified atom stereocenters. The summed E-state index contributed by atoms with van der Waals surface area (Å²) in [7, 11) is 0. The summed E-state index contributed by atoms with van der Waals surface area (Å²) in [5, 5.41) is 1.22. The number of aryl methyl sites for hydroxylation is 1. The maximum Gasteiger partial charge on any atom is 0.248 e. The molecule has 2 aromatic carbocycles. The number of anilines is 1. The number of thioether (sulfide) groups is 1. The molecule has 1 amide bonds. The first kappa shape index (κ1) is 16.1. The molecule has 0 aliphatic carbocycles. The van der Waals surface area contributed by atoms with Gasteiger partial charge in [0, 0.05) is 4.90 Å². The molecule has 118 valence electrons. The van der Waals surface area contributed by atoms with Gasteiger partial charge in [0.15, 0.2) is 0 Å². The molecule has 4 nitrogen and oxygen atoms in total. The molecule has 1 aromatic heterocycles. The Bertz CT molecular complexity index is 833. The van der Waals surface area contributed by atoms with Crippen molar-refractivity contribution in [1.82, 2.24) is 10.4 Å². The van der Waals surface area contributed by atoms with Gasteiger partial charge in [0.2, 0.25) is 11.0 Å². The van der Waals surface area contributed by atoms with Gasteiger partial charge < -0.3 is 0 Å². The van der Waals surface area contributed by atoms with Crippen LogP contribution in [0.3, 0.4) is 0 Å². The van der Waals surface area contributed by atoms with Crippen molar-refractivity contribution in [3.8, 4) is 0 Å². The molecule has 0 atom stereocenters. The summed E-state index contributed by atoms with van der Waals surface area (Å²) in [4.78, 5) is 17.3. The van der Waals surface area contributed by atoms with Crippen LogP contribution in [0, 0.1) is 6.92 Å². The number of hydrogen-bond acceptors (Lipinski definition) is 5. The van der Waals surface area contributed by atoms with E-state index in [1.165, 1.54) is 28.7 Å². The molecule has 0 saturated heterocycles. The Morgan fingerprint density at radius 2 is 2.04 bits per heavy atom. The third kappa shape index (κ3) is 4.16. The second kappa shape index (κ2) is 7.21. The molecule has 0 fully saturated rings.